The van der Waals surface area contributed by atoms with Crippen molar-refractivity contribution >= 4 is 55.5 Å². The molecule has 0 radical (unpaired) electrons. The number of aryl methyl sites for hydroxylation is 1. The summed E-state index contributed by atoms with van der Waals surface area (Å²) in [4.78, 5) is 12.6. The lowest BCUT2D eigenvalue weighted by atomic mass is 10.0. The van der Waals surface area contributed by atoms with Gasteiger partial charge in [-0.3, -0.25) is 9.35 Å². The number of anilines is 1. The van der Waals surface area contributed by atoms with E-state index in [0.717, 1.165) is 6.07 Å². The minimum atomic E-state index is -4.60. The van der Waals surface area contributed by atoms with Gasteiger partial charge in [-0.2, -0.15) is 13.5 Å². The van der Waals surface area contributed by atoms with Crippen molar-refractivity contribution in [3.05, 3.63) is 82.9 Å². The van der Waals surface area contributed by atoms with Crippen molar-refractivity contribution in [3.8, 4) is 11.5 Å². The number of nitrogens with zero attached hydrogens (tertiary/aromatic N) is 2. The highest BCUT2D eigenvalue weighted by atomic mass is 35.5. The van der Waals surface area contributed by atoms with Crippen LogP contribution in [0.4, 0.5) is 17.1 Å². The van der Waals surface area contributed by atoms with Crippen LogP contribution >= 0.6 is 11.6 Å². The molecule has 0 aliphatic carbocycles. The zero-order valence-electron chi connectivity index (χ0n) is 19.8. The summed E-state index contributed by atoms with van der Waals surface area (Å²) >= 11 is 5.95. The van der Waals surface area contributed by atoms with Gasteiger partial charge in [0.25, 0.3) is 16.0 Å². The Hall–Kier alpha value is -3.99. The topological polar surface area (TPSA) is 138 Å². The molecule has 0 saturated heterocycles. The van der Waals surface area contributed by atoms with E-state index in [1.807, 2.05) is 6.92 Å². The molecule has 1 amide bonds. The van der Waals surface area contributed by atoms with Gasteiger partial charge in [-0.15, -0.1) is 5.11 Å². The molecule has 0 aliphatic rings. The van der Waals surface area contributed by atoms with E-state index in [2.05, 4.69) is 15.5 Å². The van der Waals surface area contributed by atoms with E-state index in [9.17, 15) is 22.9 Å². The minimum Gasteiger partial charge on any atom is -0.505 e. The number of rotatable bonds is 7. The molecule has 0 unspecified atom stereocenters. The van der Waals surface area contributed by atoms with Crippen LogP contribution in [0.25, 0.3) is 10.8 Å². The van der Waals surface area contributed by atoms with Crippen LogP contribution in [0.3, 0.4) is 0 Å². The molecule has 3 N–H and O–H groups in total. The summed E-state index contributed by atoms with van der Waals surface area (Å²) in [5, 5.41) is 23.0. The molecule has 37 heavy (non-hydrogen) atoms. The van der Waals surface area contributed by atoms with Crippen molar-refractivity contribution in [2.24, 2.45) is 10.2 Å². The SMILES string of the molecule is CCOc1ccc(NC(=O)c2cc3ccccc3c(N=Nc3cc(S(=O)(=O)O)c(Cl)cc3C)c2O)cc1. The van der Waals surface area contributed by atoms with Crippen LogP contribution in [0.1, 0.15) is 22.8 Å². The highest BCUT2D eigenvalue weighted by Gasteiger charge is 2.20. The van der Waals surface area contributed by atoms with Gasteiger partial charge in [-0.05, 0) is 67.3 Å². The molecule has 11 heteroatoms. The molecular formula is C26H22ClN3O6S. The normalized spacial score (nSPS) is 11.7. The van der Waals surface area contributed by atoms with Crippen molar-refractivity contribution < 1.29 is 27.6 Å². The second kappa shape index (κ2) is 10.6. The number of nitrogens with one attached hydrogen (secondary N) is 1. The molecule has 0 aliphatic heterocycles. The Morgan fingerprint density at radius 3 is 2.43 bits per heavy atom. The summed E-state index contributed by atoms with van der Waals surface area (Å²) in [6.45, 7) is 4.02. The molecule has 0 saturated carbocycles. The zero-order chi connectivity index (χ0) is 26.7. The average molecular weight is 540 g/mol. The van der Waals surface area contributed by atoms with Gasteiger partial charge in [-0.25, -0.2) is 0 Å². The van der Waals surface area contributed by atoms with E-state index >= 15 is 0 Å². The molecule has 4 rings (SSSR count). The van der Waals surface area contributed by atoms with Gasteiger partial charge >= 0.3 is 0 Å². The van der Waals surface area contributed by atoms with Crippen molar-refractivity contribution in [2.75, 3.05) is 11.9 Å². The molecule has 4 aromatic carbocycles. The minimum absolute atomic E-state index is 0.0118. The number of hydrogen-bond acceptors (Lipinski definition) is 7. The second-order valence-electron chi connectivity index (χ2n) is 8.00. The fourth-order valence-electron chi connectivity index (χ4n) is 3.64. The Morgan fingerprint density at radius 1 is 1.05 bits per heavy atom. The number of aromatic hydroxyl groups is 1. The lowest BCUT2D eigenvalue weighted by Gasteiger charge is -2.12. The average Bonchev–Trinajstić information content (AvgIpc) is 2.84. The fraction of sp³-hybridized carbons (Fsp3) is 0.115. The Labute approximate surface area is 218 Å². The number of benzene rings is 4. The van der Waals surface area contributed by atoms with Crippen molar-refractivity contribution in [1.82, 2.24) is 0 Å². The third-order valence-electron chi connectivity index (χ3n) is 5.45. The summed E-state index contributed by atoms with van der Waals surface area (Å²) in [6, 6.07) is 17.7. The van der Waals surface area contributed by atoms with E-state index in [1.54, 1.807) is 55.5 Å². The number of carbonyl (C=O) groups excluding carboxylic acids is 1. The van der Waals surface area contributed by atoms with Crippen molar-refractivity contribution in [2.45, 2.75) is 18.7 Å². The maximum Gasteiger partial charge on any atom is 0.296 e. The monoisotopic (exact) mass is 539 g/mol. The number of phenols is 1. The maximum absolute atomic E-state index is 13.1. The van der Waals surface area contributed by atoms with Crippen LogP contribution in [0.15, 0.2) is 81.9 Å². The Kier molecular flexibility index (Phi) is 7.44. The third kappa shape index (κ3) is 5.72. The summed E-state index contributed by atoms with van der Waals surface area (Å²) < 4.78 is 38.1. The highest BCUT2D eigenvalue weighted by Crippen LogP contribution is 2.40. The van der Waals surface area contributed by atoms with Crippen LogP contribution < -0.4 is 10.1 Å². The molecular weight excluding hydrogens is 518 g/mol. The van der Waals surface area contributed by atoms with Crippen LogP contribution in [-0.4, -0.2) is 30.6 Å². The predicted molar refractivity (Wildman–Crippen MR) is 141 cm³/mol. The number of fused-ring (bicyclic) bond motifs is 1. The smallest absolute Gasteiger partial charge is 0.296 e. The number of phenolic OH excluding ortho intramolecular Hbond substituents is 1. The lowest BCUT2D eigenvalue weighted by Crippen LogP contribution is -2.12. The zero-order valence-corrected chi connectivity index (χ0v) is 21.3. The molecule has 0 fully saturated rings. The first kappa shape index (κ1) is 26.1. The van der Waals surface area contributed by atoms with Crippen LogP contribution in [0.5, 0.6) is 11.5 Å². The van der Waals surface area contributed by atoms with E-state index in [-0.39, 0.29) is 22.0 Å². The summed E-state index contributed by atoms with van der Waals surface area (Å²) in [6.07, 6.45) is 0. The quantitative estimate of drug-likeness (QED) is 0.174. The molecule has 0 heterocycles. The number of amides is 1. The van der Waals surface area contributed by atoms with Gasteiger partial charge in [0.2, 0.25) is 0 Å². The first-order valence-corrected chi connectivity index (χ1v) is 12.9. The number of hydrogen-bond donors (Lipinski definition) is 3. The molecule has 0 bridgehead atoms. The molecule has 0 atom stereocenters. The van der Waals surface area contributed by atoms with E-state index < -0.39 is 26.7 Å². The largest absolute Gasteiger partial charge is 0.505 e. The van der Waals surface area contributed by atoms with E-state index in [0.29, 0.717) is 34.4 Å². The maximum atomic E-state index is 13.1. The van der Waals surface area contributed by atoms with Crippen LogP contribution in [-0.2, 0) is 10.1 Å². The van der Waals surface area contributed by atoms with Gasteiger partial charge in [0.15, 0.2) is 5.75 Å². The van der Waals surface area contributed by atoms with Gasteiger partial charge in [0.05, 0.1) is 22.9 Å². The predicted octanol–water partition coefficient (Wildman–Crippen LogP) is 6.82. The number of ether oxygens (including phenoxy) is 1. The second-order valence-corrected chi connectivity index (χ2v) is 9.80. The van der Waals surface area contributed by atoms with Gasteiger partial charge in [-0.1, -0.05) is 35.9 Å². The van der Waals surface area contributed by atoms with E-state index in [4.69, 9.17) is 16.3 Å². The molecule has 9 nitrogen and oxygen atoms in total. The fourth-order valence-corrected chi connectivity index (χ4v) is 4.72. The van der Waals surface area contributed by atoms with Gasteiger partial charge in [0, 0.05) is 11.1 Å². The summed E-state index contributed by atoms with van der Waals surface area (Å²) in [5.41, 5.74) is 1.06. The van der Waals surface area contributed by atoms with Gasteiger partial charge in [0.1, 0.15) is 16.3 Å². The molecule has 4 aromatic rings. The Bertz CT molecular complexity index is 1640. The Balaban J connectivity index is 1.75. The van der Waals surface area contributed by atoms with Crippen LogP contribution in [0.2, 0.25) is 5.02 Å². The number of azo groups is 1. The molecule has 190 valence electrons. The Morgan fingerprint density at radius 2 is 1.76 bits per heavy atom. The summed E-state index contributed by atoms with van der Waals surface area (Å²) in [7, 11) is -4.60. The molecule has 0 spiro atoms. The first-order chi connectivity index (χ1) is 17.6. The summed E-state index contributed by atoms with van der Waals surface area (Å²) in [5.74, 6) is -0.320. The van der Waals surface area contributed by atoms with Crippen molar-refractivity contribution in [1.29, 1.82) is 0 Å². The number of halogens is 1. The van der Waals surface area contributed by atoms with E-state index in [1.165, 1.54) is 12.1 Å². The van der Waals surface area contributed by atoms with Gasteiger partial charge < -0.3 is 15.2 Å². The third-order valence-corrected chi connectivity index (χ3v) is 6.77. The van der Waals surface area contributed by atoms with Crippen molar-refractivity contribution in [3.63, 3.8) is 0 Å². The molecule has 0 aromatic heterocycles. The standard InChI is InChI=1S/C26H22ClN3O6S/c1-3-36-18-10-8-17(9-11-18)28-26(32)20-13-16-6-4-5-7-19(16)24(25(20)31)30-29-22-14-23(37(33,34)35)21(27)12-15(22)2/h4-14,31H,3H2,1-2H3,(H,28,32)(H,33,34,35). The first-order valence-electron chi connectivity index (χ1n) is 11.1. The lowest BCUT2D eigenvalue weighted by molar-refractivity contribution is 0.102. The number of carbonyl (C=O) groups is 1. The van der Waals surface area contributed by atoms with Crippen LogP contribution in [0, 0.1) is 6.92 Å². The highest BCUT2D eigenvalue weighted by molar-refractivity contribution is 7.86.